The van der Waals surface area contributed by atoms with E-state index >= 15 is 0 Å². The summed E-state index contributed by atoms with van der Waals surface area (Å²) in [6.07, 6.45) is 2.25. The first kappa shape index (κ1) is 13.6. The van der Waals surface area contributed by atoms with Crippen LogP contribution in [0.15, 0.2) is 16.9 Å². The van der Waals surface area contributed by atoms with Crippen LogP contribution in [0.1, 0.15) is 19.8 Å². The lowest BCUT2D eigenvalue weighted by atomic mass is 9.99. The van der Waals surface area contributed by atoms with E-state index in [-0.39, 0.29) is 12.1 Å². The van der Waals surface area contributed by atoms with Crippen molar-refractivity contribution in [2.45, 2.75) is 26.3 Å². The lowest BCUT2D eigenvalue weighted by Gasteiger charge is -2.31. The molecule has 0 saturated carbocycles. The summed E-state index contributed by atoms with van der Waals surface area (Å²) >= 11 is 0. The Morgan fingerprint density at radius 2 is 2.11 bits per heavy atom. The number of hydrogen-bond acceptors (Lipinski definition) is 5. The summed E-state index contributed by atoms with van der Waals surface area (Å²) in [4.78, 5) is 25.0. The van der Waals surface area contributed by atoms with Gasteiger partial charge in [0.25, 0.3) is 5.56 Å². The highest BCUT2D eigenvalue weighted by atomic mass is 16.5. The number of anilines is 1. The van der Waals surface area contributed by atoms with Crippen molar-refractivity contribution < 1.29 is 9.53 Å². The first-order valence-corrected chi connectivity index (χ1v) is 6.50. The molecule has 0 bridgehead atoms. The number of hydrogen-bond donors (Lipinski definition) is 0. The molecule has 19 heavy (non-hydrogen) atoms. The van der Waals surface area contributed by atoms with Gasteiger partial charge >= 0.3 is 5.97 Å². The Balaban J connectivity index is 2.16. The predicted molar refractivity (Wildman–Crippen MR) is 71.1 cm³/mol. The van der Waals surface area contributed by atoms with Crippen LogP contribution < -0.4 is 10.5 Å². The van der Waals surface area contributed by atoms with Crippen molar-refractivity contribution in [2.24, 2.45) is 5.92 Å². The molecule has 2 heterocycles. The molecule has 0 N–H and O–H groups in total. The fourth-order valence-electron chi connectivity index (χ4n) is 2.14. The monoisotopic (exact) mass is 265 g/mol. The number of carbonyl (C=O) groups excluding carboxylic acids is 1. The number of piperidine rings is 1. The van der Waals surface area contributed by atoms with E-state index in [1.54, 1.807) is 6.07 Å². The van der Waals surface area contributed by atoms with Gasteiger partial charge in [0.2, 0.25) is 0 Å². The molecular formula is C13H19N3O3. The molecule has 0 aliphatic carbocycles. The average Bonchev–Trinajstić information content (AvgIpc) is 2.42. The van der Waals surface area contributed by atoms with Gasteiger partial charge in [-0.3, -0.25) is 9.59 Å². The number of carbonyl (C=O) groups is 1. The molecule has 0 radical (unpaired) electrons. The molecule has 0 aromatic carbocycles. The van der Waals surface area contributed by atoms with Crippen LogP contribution >= 0.6 is 0 Å². The van der Waals surface area contributed by atoms with E-state index in [1.807, 2.05) is 0 Å². The van der Waals surface area contributed by atoms with E-state index in [4.69, 9.17) is 0 Å². The number of ether oxygens (including phenoxy) is 1. The normalized spacial score (nSPS) is 16.4. The molecule has 1 saturated heterocycles. The molecule has 1 aromatic rings. The van der Waals surface area contributed by atoms with Gasteiger partial charge < -0.3 is 9.64 Å². The molecule has 0 spiro atoms. The Kier molecular flexibility index (Phi) is 4.19. The van der Waals surface area contributed by atoms with Gasteiger partial charge in [-0.15, -0.1) is 0 Å². The highest BCUT2D eigenvalue weighted by Crippen LogP contribution is 2.20. The molecule has 0 atom stereocenters. The first-order chi connectivity index (χ1) is 9.10. The van der Waals surface area contributed by atoms with Crippen LogP contribution in [-0.4, -0.2) is 35.9 Å². The largest absolute Gasteiger partial charge is 0.468 e. The maximum Gasteiger partial charge on any atom is 0.327 e. The van der Waals surface area contributed by atoms with Gasteiger partial charge in [-0.1, -0.05) is 6.92 Å². The SMILES string of the molecule is COC(=O)Cn1nc(N2CCC(C)CC2)ccc1=O. The summed E-state index contributed by atoms with van der Waals surface area (Å²) in [5.74, 6) is 1.01. The number of rotatable bonds is 3. The molecule has 1 fully saturated rings. The minimum atomic E-state index is -0.473. The average molecular weight is 265 g/mol. The second kappa shape index (κ2) is 5.86. The van der Waals surface area contributed by atoms with Crippen molar-refractivity contribution >= 4 is 11.8 Å². The van der Waals surface area contributed by atoms with Crippen molar-refractivity contribution in [3.8, 4) is 0 Å². The Morgan fingerprint density at radius 1 is 1.42 bits per heavy atom. The Morgan fingerprint density at radius 3 is 2.74 bits per heavy atom. The Bertz CT molecular complexity index is 504. The molecule has 1 aliphatic heterocycles. The van der Waals surface area contributed by atoms with E-state index in [0.29, 0.717) is 0 Å². The molecule has 6 nitrogen and oxygen atoms in total. The van der Waals surface area contributed by atoms with Gasteiger partial charge in [0.1, 0.15) is 12.4 Å². The topological polar surface area (TPSA) is 64.4 Å². The van der Waals surface area contributed by atoms with Gasteiger partial charge in [-0.05, 0) is 24.8 Å². The fourth-order valence-corrected chi connectivity index (χ4v) is 2.14. The van der Waals surface area contributed by atoms with E-state index in [1.165, 1.54) is 13.2 Å². The Hall–Kier alpha value is -1.85. The van der Waals surface area contributed by atoms with Crippen LogP contribution in [0.3, 0.4) is 0 Å². The first-order valence-electron chi connectivity index (χ1n) is 6.50. The molecule has 0 unspecified atom stereocenters. The number of esters is 1. The minimum absolute atomic E-state index is 0.145. The van der Waals surface area contributed by atoms with Crippen LogP contribution in [-0.2, 0) is 16.1 Å². The summed E-state index contributed by atoms with van der Waals surface area (Å²) in [6.45, 7) is 3.96. The third-order valence-corrected chi connectivity index (χ3v) is 3.47. The van der Waals surface area contributed by atoms with Gasteiger partial charge in [-0.25, -0.2) is 4.68 Å². The van der Waals surface area contributed by atoms with Crippen LogP contribution in [0, 0.1) is 5.92 Å². The van der Waals surface area contributed by atoms with E-state index in [2.05, 4.69) is 21.7 Å². The summed E-state index contributed by atoms with van der Waals surface area (Å²) in [5, 5.41) is 4.24. The number of aromatic nitrogens is 2. The molecular weight excluding hydrogens is 246 g/mol. The summed E-state index contributed by atoms with van der Waals surface area (Å²) in [5.41, 5.74) is -0.292. The smallest absolute Gasteiger partial charge is 0.327 e. The quantitative estimate of drug-likeness (QED) is 0.751. The van der Waals surface area contributed by atoms with Crippen molar-refractivity contribution in [1.29, 1.82) is 0 Å². The fraction of sp³-hybridized carbons (Fsp3) is 0.615. The Labute approximate surface area is 112 Å². The van der Waals surface area contributed by atoms with Gasteiger partial charge in [0.15, 0.2) is 0 Å². The van der Waals surface area contributed by atoms with Crippen molar-refractivity contribution in [1.82, 2.24) is 9.78 Å². The summed E-state index contributed by atoms with van der Waals surface area (Å²) in [7, 11) is 1.29. The number of methoxy groups -OCH3 is 1. The lowest BCUT2D eigenvalue weighted by Crippen LogP contribution is -2.36. The van der Waals surface area contributed by atoms with Crippen molar-refractivity contribution in [3.63, 3.8) is 0 Å². The molecule has 1 aromatic heterocycles. The third-order valence-electron chi connectivity index (χ3n) is 3.47. The zero-order valence-electron chi connectivity index (χ0n) is 11.3. The summed E-state index contributed by atoms with van der Waals surface area (Å²) < 4.78 is 5.71. The van der Waals surface area contributed by atoms with Gasteiger partial charge in [0, 0.05) is 19.2 Å². The molecule has 0 amide bonds. The third kappa shape index (κ3) is 3.33. The van der Waals surface area contributed by atoms with E-state index in [0.717, 1.165) is 42.3 Å². The zero-order valence-corrected chi connectivity index (χ0v) is 11.3. The van der Waals surface area contributed by atoms with E-state index in [9.17, 15) is 9.59 Å². The maximum absolute atomic E-state index is 11.6. The van der Waals surface area contributed by atoms with Crippen LogP contribution in [0.4, 0.5) is 5.82 Å². The zero-order chi connectivity index (χ0) is 13.8. The van der Waals surface area contributed by atoms with Crippen LogP contribution in [0.5, 0.6) is 0 Å². The molecule has 104 valence electrons. The second-order valence-electron chi connectivity index (χ2n) is 4.93. The second-order valence-corrected chi connectivity index (χ2v) is 4.93. The van der Waals surface area contributed by atoms with E-state index < -0.39 is 5.97 Å². The van der Waals surface area contributed by atoms with Crippen molar-refractivity contribution in [2.75, 3.05) is 25.1 Å². The highest BCUT2D eigenvalue weighted by molar-refractivity contribution is 5.68. The number of nitrogens with zero attached hydrogens (tertiary/aromatic N) is 3. The van der Waals surface area contributed by atoms with Crippen molar-refractivity contribution in [3.05, 3.63) is 22.5 Å². The highest BCUT2D eigenvalue weighted by Gasteiger charge is 2.18. The van der Waals surface area contributed by atoms with Gasteiger partial charge in [-0.2, -0.15) is 5.10 Å². The molecule has 2 rings (SSSR count). The maximum atomic E-state index is 11.6. The standard InChI is InChI=1S/C13H19N3O3/c1-10-5-7-15(8-6-10)11-3-4-12(17)16(14-11)9-13(18)19-2/h3-4,10H,5-9H2,1-2H3. The van der Waals surface area contributed by atoms with Crippen LogP contribution in [0.25, 0.3) is 0 Å². The predicted octanol–water partition coefficient (Wildman–Crippen LogP) is 0.653. The molecule has 1 aliphatic rings. The lowest BCUT2D eigenvalue weighted by molar-refractivity contribution is -0.141. The van der Waals surface area contributed by atoms with Crippen LogP contribution in [0.2, 0.25) is 0 Å². The summed E-state index contributed by atoms with van der Waals surface area (Å²) in [6, 6.07) is 3.16. The minimum Gasteiger partial charge on any atom is -0.468 e. The molecule has 6 heteroatoms. The van der Waals surface area contributed by atoms with Gasteiger partial charge in [0.05, 0.1) is 7.11 Å².